The number of carboxylic acid groups (broad SMARTS) is 1. The van der Waals surface area contributed by atoms with Gasteiger partial charge < -0.3 is 5.11 Å². The topological polar surface area (TPSA) is 40.5 Å². The lowest BCUT2D eigenvalue weighted by Gasteiger charge is -2.31. The van der Waals surface area contributed by atoms with Crippen molar-refractivity contribution < 1.29 is 9.90 Å². The number of hydrogen-bond donors (Lipinski definition) is 1. The highest BCUT2D eigenvalue weighted by atomic mass is 16.4. The van der Waals surface area contributed by atoms with Crippen LogP contribution >= 0.6 is 0 Å². The Morgan fingerprint density at radius 2 is 1.87 bits per heavy atom. The molecular formula is C12H25NO2. The number of rotatable bonds is 7. The van der Waals surface area contributed by atoms with Crippen molar-refractivity contribution in [1.29, 1.82) is 0 Å². The van der Waals surface area contributed by atoms with Crippen LogP contribution in [-0.2, 0) is 4.79 Å². The highest BCUT2D eigenvalue weighted by Crippen LogP contribution is 2.15. The number of carbonyl (C=O) groups is 1. The summed E-state index contributed by atoms with van der Waals surface area (Å²) in [5, 5.41) is 9.12. The Morgan fingerprint density at radius 1 is 1.33 bits per heavy atom. The fraction of sp³-hybridized carbons (Fsp3) is 0.917. The minimum absolute atomic E-state index is 0.330. The second-order valence-corrected chi connectivity index (χ2v) is 4.79. The molecule has 0 radical (unpaired) electrons. The van der Waals surface area contributed by atoms with Crippen LogP contribution in [-0.4, -0.2) is 35.1 Å². The van der Waals surface area contributed by atoms with Crippen LogP contribution in [0.25, 0.3) is 0 Å². The van der Waals surface area contributed by atoms with Crippen LogP contribution in [0.3, 0.4) is 0 Å². The molecule has 0 amide bonds. The number of likely N-dealkylation sites (N-methyl/N-ethyl adjacent to an activating group) is 1. The summed E-state index contributed by atoms with van der Waals surface area (Å²) in [6.07, 6.45) is 2.69. The van der Waals surface area contributed by atoms with Crippen LogP contribution in [0.2, 0.25) is 0 Å². The summed E-state index contributed by atoms with van der Waals surface area (Å²) in [5.41, 5.74) is 0. The van der Waals surface area contributed by atoms with Crippen LogP contribution in [0.4, 0.5) is 0 Å². The van der Waals surface area contributed by atoms with E-state index < -0.39 is 5.97 Å². The van der Waals surface area contributed by atoms with Gasteiger partial charge in [0.2, 0.25) is 0 Å². The zero-order valence-electron chi connectivity index (χ0n) is 10.7. The van der Waals surface area contributed by atoms with E-state index in [1.165, 1.54) is 0 Å². The normalized spacial score (nSPS) is 15.7. The Kier molecular flexibility index (Phi) is 6.57. The van der Waals surface area contributed by atoms with Crippen LogP contribution in [0.5, 0.6) is 0 Å². The smallest absolute Gasteiger partial charge is 0.320 e. The monoisotopic (exact) mass is 215 g/mol. The maximum absolute atomic E-state index is 11.1. The van der Waals surface area contributed by atoms with E-state index in [9.17, 15) is 4.79 Å². The summed E-state index contributed by atoms with van der Waals surface area (Å²) in [5.74, 6) is -0.0894. The molecule has 0 saturated heterocycles. The van der Waals surface area contributed by atoms with Crippen molar-refractivity contribution in [2.75, 3.05) is 7.05 Å². The lowest BCUT2D eigenvalue weighted by atomic mass is 10.0. The molecule has 0 saturated carbocycles. The molecule has 0 rings (SSSR count). The van der Waals surface area contributed by atoms with E-state index in [-0.39, 0.29) is 6.04 Å². The Morgan fingerprint density at radius 3 is 2.20 bits per heavy atom. The third-order valence-electron chi connectivity index (χ3n) is 2.85. The molecule has 0 aliphatic carbocycles. The molecule has 0 aliphatic heterocycles. The Labute approximate surface area is 93.5 Å². The van der Waals surface area contributed by atoms with Crippen molar-refractivity contribution >= 4 is 5.97 Å². The van der Waals surface area contributed by atoms with E-state index in [0.29, 0.717) is 12.0 Å². The molecule has 0 bridgehead atoms. The van der Waals surface area contributed by atoms with Crippen LogP contribution in [0.1, 0.15) is 47.0 Å². The summed E-state index contributed by atoms with van der Waals surface area (Å²) in [6, 6.07) is 0.00130. The molecule has 2 unspecified atom stereocenters. The molecule has 1 N–H and O–H groups in total. The van der Waals surface area contributed by atoms with Crippen molar-refractivity contribution in [2.45, 2.75) is 59.0 Å². The first-order valence-corrected chi connectivity index (χ1v) is 5.84. The third-order valence-corrected chi connectivity index (χ3v) is 2.85. The van der Waals surface area contributed by atoms with Gasteiger partial charge in [0.15, 0.2) is 0 Å². The Hall–Kier alpha value is -0.570. The molecule has 0 heterocycles. The molecule has 15 heavy (non-hydrogen) atoms. The zero-order chi connectivity index (χ0) is 12.0. The van der Waals surface area contributed by atoms with E-state index in [1.807, 2.05) is 18.9 Å². The maximum atomic E-state index is 11.1. The van der Waals surface area contributed by atoms with Gasteiger partial charge in [0.05, 0.1) is 0 Å². The minimum Gasteiger partial charge on any atom is -0.480 e. The van der Waals surface area contributed by atoms with E-state index in [1.54, 1.807) is 0 Å². The number of nitrogens with zero attached hydrogens (tertiary/aromatic N) is 1. The predicted octanol–water partition coefficient (Wildman–Crippen LogP) is 2.61. The average molecular weight is 215 g/mol. The van der Waals surface area contributed by atoms with Gasteiger partial charge in [0.1, 0.15) is 6.04 Å². The maximum Gasteiger partial charge on any atom is 0.320 e. The highest BCUT2D eigenvalue weighted by Gasteiger charge is 2.25. The summed E-state index contributed by atoms with van der Waals surface area (Å²) < 4.78 is 0. The second-order valence-electron chi connectivity index (χ2n) is 4.79. The van der Waals surface area contributed by atoms with Gasteiger partial charge in [-0.05, 0) is 32.7 Å². The standard InChI is InChI=1S/C12H25NO2/c1-6-7-11(12(14)15)13(5)10(4)8-9(2)3/h9-11H,6-8H2,1-5H3,(H,14,15). The van der Waals surface area contributed by atoms with E-state index in [0.717, 1.165) is 19.3 Å². The lowest BCUT2D eigenvalue weighted by molar-refractivity contribution is -0.144. The minimum atomic E-state index is -0.699. The Bertz CT molecular complexity index is 192. The fourth-order valence-electron chi connectivity index (χ4n) is 1.93. The quantitative estimate of drug-likeness (QED) is 0.709. The van der Waals surface area contributed by atoms with E-state index in [2.05, 4.69) is 20.8 Å². The first-order valence-electron chi connectivity index (χ1n) is 5.84. The SMILES string of the molecule is CCCC(C(=O)O)N(C)C(C)CC(C)C. The average Bonchev–Trinajstić information content (AvgIpc) is 2.11. The van der Waals surface area contributed by atoms with Gasteiger partial charge in [0, 0.05) is 6.04 Å². The van der Waals surface area contributed by atoms with Crippen molar-refractivity contribution in [3.63, 3.8) is 0 Å². The largest absolute Gasteiger partial charge is 0.480 e. The molecule has 0 aromatic rings. The molecule has 0 fully saturated rings. The van der Waals surface area contributed by atoms with E-state index >= 15 is 0 Å². The number of hydrogen-bond acceptors (Lipinski definition) is 2. The molecule has 3 heteroatoms. The molecule has 90 valence electrons. The molecule has 0 spiro atoms. The van der Waals surface area contributed by atoms with Gasteiger partial charge in [-0.3, -0.25) is 9.69 Å². The van der Waals surface area contributed by atoms with Gasteiger partial charge in [-0.25, -0.2) is 0 Å². The number of aliphatic carboxylic acids is 1. The van der Waals surface area contributed by atoms with Gasteiger partial charge >= 0.3 is 5.97 Å². The fourth-order valence-corrected chi connectivity index (χ4v) is 1.93. The summed E-state index contributed by atoms with van der Waals surface area (Å²) in [4.78, 5) is 13.1. The molecule has 0 aromatic heterocycles. The van der Waals surface area contributed by atoms with Gasteiger partial charge in [-0.1, -0.05) is 27.2 Å². The van der Waals surface area contributed by atoms with Crippen molar-refractivity contribution in [3.8, 4) is 0 Å². The molecule has 0 aromatic carbocycles. The van der Waals surface area contributed by atoms with Crippen LogP contribution in [0, 0.1) is 5.92 Å². The van der Waals surface area contributed by atoms with Crippen molar-refractivity contribution in [3.05, 3.63) is 0 Å². The molecule has 2 atom stereocenters. The van der Waals surface area contributed by atoms with Gasteiger partial charge in [-0.15, -0.1) is 0 Å². The first-order chi connectivity index (χ1) is 6.90. The molecule has 0 aliphatic rings. The van der Waals surface area contributed by atoms with Crippen molar-refractivity contribution in [1.82, 2.24) is 4.90 Å². The zero-order valence-corrected chi connectivity index (χ0v) is 10.7. The summed E-state index contributed by atoms with van der Waals surface area (Å²) in [7, 11) is 1.92. The van der Waals surface area contributed by atoms with Crippen LogP contribution in [0.15, 0.2) is 0 Å². The van der Waals surface area contributed by atoms with Gasteiger partial charge in [0.25, 0.3) is 0 Å². The Balaban J connectivity index is 4.34. The number of carboxylic acids is 1. The second kappa shape index (κ2) is 6.83. The van der Waals surface area contributed by atoms with Crippen LogP contribution < -0.4 is 0 Å². The molecular weight excluding hydrogens is 190 g/mol. The van der Waals surface area contributed by atoms with Gasteiger partial charge in [-0.2, -0.15) is 0 Å². The summed E-state index contributed by atoms with van der Waals surface area (Å²) >= 11 is 0. The first kappa shape index (κ1) is 14.4. The van der Waals surface area contributed by atoms with E-state index in [4.69, 9.17) is 5.11 Å². The molecule has 3 nitrogen and oxygen atoms in total. The predicted molar refractivity (Wildman–Crippen MR) is 63.0 cm³/mol. The highest BCUT2D eigenvalue weighted by molar-refractivity contribution is 5.73. The lowest BCUT2D eigenvalue weighted by Crippen LogP contribution is -2.44. The third kappa shape index (κ3) is 5.17. The summed E-state index contributed by atoms with van der Waals surface area (Å²) in [6.45, 7) is 8.46. The van der Waals surface area contributed by atoms with Crippen molar-refractivity contribution in [2.24, 2.45) is 5.92 Å².